The Morgan fingerprint density at radius 1 is 1.24 bits per heavy atom. The first-order chi connectivity index (χ1) is 13.1. The summed E-state index contributed by atoms with van der Waals surface area (Å²) in [5.74, 6) is 0.158. The predicted molar refractivity (Wildman–Crippen MR) is 116 cm³/mol. The van der Waals surface area contributed by atoms with E-state index in [9.17, 15) is 9.59 Å². The molecule has 29 heavy (non-hydrogen) atoms. The molecule has 1 aliphatic rings. The van der Waals surface area contributed by atoms with Crippen LogP contribution in [-0.2, 0) is 9.16 Å². The number of aromatic nitrogens is 2. The van der Waals surface area contributed by atoms with Crippen LogP contribution in [0.15, 0.2) is 17.1 Å². The highest BCUT2D eigenvalue weighted by Crippen LogP contribution is 2.38. The van der Waals surface area contributed by atoms with Crippen molar-refractivity contribution in [2.75, 3.05) is 12.3 Å². The second-order valence-electron chi connectivity index (χ2n) is 10.2. The predicted octanol–water partition coefficient (Wildman–Crippen LogP) is 3.75. The van der Waals surface area contributed by atoms with Gasteiger partial charge in [0.2, 0.25) is 0 Å². The van der Waals surface area contributed by atoms with Crippen molar-refractivity contribution >= 4 is 20.2 Å². The van der Waals surface area contributed by atoms with Gasteiger partial charge in [0.05, 0.1) is 12.6 Å². The fraction of sp³-hybridized carbons (Fsp3) is 0.750. The van der Waals surface area contributed by atoms with E-state index in [0.717, 1.165) is 6.42 Å². The third-order valence-electron chi connectivity index (χ3n) is 5.69. The zero-order valence-electron chi connectivity index (χ0n) is 19.0. The number of hydrogen-bond acceptors (Lipinski definition) is 6. The summed E-state index contributed by atoms with van der Waals surface area (Å²) in [7, 11) is -1.98. The molecule has 2 rings (SSSR count). The summed E-state index contributed by atoms with van der Waals surface area (Å²) >= 11 is 0. The summed E-state index contributed by atoms with van der Waals surface area (Å²) in [6, 6.07) is 1.39. The largest absolute Gasteiger partial charge is 0.444 e. The lowest BCUT2D eigenvalue weighted by molar-refractivity contribution is 0.00131. The van der Waals surface area contributed by atoms with Crippen LogP contribution in [0.1, 0.15) is 60.5 Å². The van der Waals surface area contributed by atoms with Crippen molar-refractivity contribution in [2.24, 2.45) is 0 Å². The number of ether oxygens (including phenoxy) is 1. The highest BCUT2D eigenvalue weighted by Gasteiger charge is 2.43. The van der Waals surface area contributed by atoms with E-state index in [0.29, 0.717) is 13.0 Å². The van der Waals surface area contributed by atoms with Crippen LogP contribution in [0.5, 0.6) is 0 Å². The number of likely N-dealkylation sites (tertiary alicyclic amines) is 1. The van der Waals surface area contributed by atoms with Gasteiger partial charge in [-0.15, -0.1) is 0 Å². The fourth-order valence-electron chi connectivity index (χ4n) is 3.06. The number of nitrogen functional groups attached to an aromatic ring is 1. The average Bonchev–Trinajstić information content (AvgIpc) is 2.94. The van der Waals surface area contributed by atoms with Gasteiger partial charge in [-0.2, -0.15) is 4.98 Å². The second-order valence-corrected chi connectivity index (χ2v) is 15.0. The number of carbonyl (C=O) groups is 1. The van der Waals surface area contributed by atoms with Gasteiger partial charge < -0.3 is 14.9 Å². The summed E-state index contributed by atoms with van der Waals surface area (Å²) in [6.45, 7) is 16.8. The zero-order chi connectivity index (χ0) is 22.2. The molecule has 0 spiro atoms. The Balaban J connectivity index is 2.31. The molecule has 0 aliphatic carbocycles. The zero-order valence-corrected chi connectivity index (χ0v) is 20.0. The normalized spacial score (nSPS) is 20.8. The summed E-state index contributed by atoms with van der Waals surface area (Å²) in [6.07, 6.45) is 2.00. The van der Waals surface area contributed by atoms with Crippen LogP contribution in [-0.4, -0.2) is 47.1 Å². The molecule has 1 fully saturated rings. The molecule has 0 radical (unpaired) electrons. The third kappa shape index (κ3) is 5.60. The van der Waals surface area contributed by atoms with Crippen molar-refractivity contribution in [1.29, 1.82) is 0 Å². The Labute approximate surface area is 174 Å². The smallest absolute Gasteiger partial charge is 0.412 e. The fourth-order valence-corrected chi connectivity index (χ4v) is 4.10. The maximum atomic E-state index is 13.1. The van der Waals surface area contributed by atoms with Gasteiger partial charge in [-0.1, -0.05) is 20.8 Å². The van der Waals surface area contributed by atoms with Gasteiger partial charge in [-0.25, -0.2) is 9.59 Å². The van der Waals surface area contributed by atoms with E-state index in [1.807, 2.05) is 20.8 Å². The minimum absolute atomic E-state index is 0.0690. The molecule has 164 valence electrons. The molecule has 1 aromatic rings. The van der Waals surface area contributed by atoms with E-state index in [1.54, 1.807) is 17.2 Å². The van der Waals surface area contributed by atoms with Crippen molar-refractivity contribution in [1.82, 2.24) is 14.5 Å². The highest BCUT2D eigenvalue weighted by atomic mass is 28.4. The van der Waals surface area contributed by atoms with Crippen LogP contribution >= 0.6 is 0 Å². The molecule has 1 aliphatic heterocycles. The lowest BCUT2D eigenvalue weighted by atomic mass is 10.2. The molecular formula is C20H36N4O4Si. The summed E-state index contributed by atoms with van der Waals surface area (Å²) < 4.78 is 13.5. The minimum atomic E-state index is -1.98. The van der Waals surface area contributed by atoms with Crippen LogP contribution in [0, 0.1) is 0 Å². The quantitative estimate of drug-likeness (QED) is 0.739. The molecule has 0 bridgehead atoms. The number of anilines is 1. The van der Waals surface area contributed by atoms with Crippen LogP contribution in [0.3, 0.4) is 0 Å². The molecule has 1 saturated heterocycles. The van der Waals surface area contributed by atoms with Crippen molar-refractivity contribution in [3.8, 4) is 0 Å². The Bertz CT molecular complexity index is 795. The number of amides is 1. The lowest BCUT2D eigenvalue weighted by Gasteiger charge is -2.39. The van der Waals surface area contributed by atoms with Crippen molar-refractivity contribution in [3.05, 3.63) is 22.7 Å². The lowest BCUT2D eigenvalue weighted by Crippen LogP contribution is -2.49. The van der Waals surface area contributed by atoms with Gasteiger partial charge in [0, 0.05) is 6.20 Å². The van der Waals surface area contributed by atoms with Crippen molar-refractivity contribution in [2.45, 2.75) is 90.3 Å². The summed E-state index contributed by atoms with van der Waals surface area (Å²) in [4.78, 5) is 30.9. The van der Waals surface area contributed by atoms with Crippen molar-refractivity contribution < 1.29 is 14.0 Å². The van der Waals surface area contributed by atoms with Gasteiger partial charge in [-0.3, -0.25) is 9.47 Å². The van der Waals surface area contributed by atoms with Gasteiger partial charge in [0.1, 0.15) is 17.6 Å². The molecule has 0 aromatic carbocycles. The molecule has 1 amide bonds. The Morgan fingerprint density at radius 3 is 2.38 bits per heavy atom. The van der Waals surface area contributed by atoms with E-state index >= 15 is 0 Å². The third-order valence-corrected chi connectivity index (χ3v) is 10.2. The van der Waals surface area contributed by atoms with Gasteiger partial charge in [0.15, 0.2) is 8.32 Å². The Kier molecular flexibility index (Phi) is 6.54. The number of carbonyl (C=O) groups excluding carboxylic acids is 1. The molecular weight excluding hydrogens is 388 g/mol. The molecule has 9 heteroatoms. The molecule has 8 nitrogen and oxygen atoms in total. The number of rotatable bonds is 4. The number of nitrogens with zero attached hydrogens (tertiary/aromatic N) is 3. The van der Waals surface area contributed by atoms with Crippen LogP contribution in [0.4, 0.5) is 10.6 Å². The minimum Gasteiger partial charge on any atom is -0.444 e. The second kappa shape index (κ2) is 8.10. The molecule has 1 aromatic heterocycles. The van der Waals surface area contributed by atoms with E-state index < -0.39 is 31.9 Å². The maximum absolute atomic E-state index is 13.1. The first-order valence-corrected chi connectivity index (χ1v) is 13.0. The van der Waals surface area contributed by atoms with Crippen molar-refractivity contribution in [3.63, 3.8) is 0 Å². The maximum Gasteiger partial charge on any atom is 0.412 e. The van der Waals surface area contributed by atoms with E-state index in [1.165, 1.54) is 4.57 Å². The Hall–Kier alpha value is -1.87. The summed E-state index contributed by atoms with van der Waals surface area (Å²) in [5.41, 5.74) is 4.51. The van der Waals surface area contributed by atoms with Crippen LogP contribution in [0.25, 0.3) is 0 Å². The van der Waals surface area contributed by atoms with Gasteiger partial charge >= 0.3 is 11.8 Å². The number of nitrogens with two attached hydrogens (primary N) is 1. The average molecular weight is 425 g/mol. The van der Waals surface area contributed by atoms with Gasteiger partial charge in [-0.05, 0) is 57.8 Å². The van der Waals surface area contributed by atoms with E-state index in [4.69, 9.17) is 14.9 Å². The number of hydrogen-bond donors (Lipinski definition) is 1. The standard InChI is InChI=1S/C20H36N4O4Si/c1-19(2,3)28-18(26)24-14(13-27-29(7,8)20(4,5)6)9-10-16(24)23-12-11-15(21)22-17(23)25/h11-12,14,16H,9-10,13H2,1-8H3,(H2,21,22,25)/t14-,16+/m1/s1. The first kappa shape index (κ1) is 23.4. The monoisotopic (exact) mass is 424 g/mol. The molecule has 0 unspecified atom stereocenters. The molecule has 0 saturated carbocycles. The van der Waals surface area contributed by atoms with Gasteiger partial charge in [0.25, 0.3) is 0 Å². The molecule has 2 heterocycles. The highest BCUT2D eigenvalue weighted by molar-refractivity contribution is 6.74. The van der Waals surface area contributed by atoms with Crippen LogP contribution < -0.4 is 11.4 Å². The topological polar surface area (TPSA) is 99.7 Å². The van der Waals surface area contributed by atoms with Crippen LogP contribution in [0.2, 0.25) is 18.1 Å². The molecule has 2 N–H and O–H groups in total. The van der Waals surface area contributed by atoms with E-state index in [2.05, 4.69) is 38.8 Å². The Morgan fingerprint density at radius 2 is 1.86 bits per heavy atom. The SMILES string of the molecule is CC(C)(C)OC(=O)N1[C@@H](CO[Si](C)(C)C(C)(C)C)CC[C@H]1n1ccc(N)nc1=O. The molecule has 2 atom stereocenters. The first-order valence-electron chi connectivity index (χ1n) is 10.1. The summed E-state index contributed by atoms with van der Waals surface area (Å²) in [5, 5.41) is 0.0690. The van der Waals surface area contributed by atoms with E-state index in [-0.39, 0.29) is 16.9 Å².